The van der Waals surface area contributed by atoms with Crippen LogP contribution in [0.5, 0.6) is 0 Å². The normalized spacial score (nSPS) is 11.0. The number of ether oxygens (including phenoxy) is 2. The summed E-state index contributed by atoms with van der Waals surface area (Å²) in [6.45, 7) is 1.52. The summed E-state index contributed by atoms with van der Waals surface area (Å²) >= 11 is 0. The molecule has 24 heavy (non-hydrogen) atoms. The average Bonchev–Trinajstić information content (AvgIpc) is 2.62. The summed E-state index contributed by atoms with van der Waals surface area (Å²) in [5.41, 5.74) is 0.910. The van der Waals surface area contributed by atoms with Crippen molar-refractivity contribution in [2.45, 2.75) is 13.2 Å². The summed E-state index contributed by atoms with van der Waals surface area (Å²) in [5, 5.41) is 0. The second kappa shape index (κ2) is 8.43. The number of aldehydes is 1. The second-order valence-electron chi connectivity index (χ2n) is 4.94. The number of hydrogen-bond acceptors (Lipinski definition) is 5. The Labute approximate surface area is 139 Å². The van der Waals surface area contributed by atoms with Crippen LogP contribution >= 0.6 is 0 Å². The van der Waals surface area contributed by atoms with Crippen molar-refractivity contribution in [3.8, 4) is 0 Å². The molecule has 0 N–H and O–H groups in total. The molecule has 0 aliphatic heterocycles. The van der Waals surface area contributed by atoms with E-state index in [0.717, 1.165) is 0 Å². The Morgan fingerprint density at radius 3 is 1.62 bits per heavy atom. The van der Waals surface area contributed by atoms with E-state index in [2.05, 4.69) is 0 Å². The molecular formula is C19H16O5. The Balaban J connectivity index is 2.14. The molecule has 0 amide bonds. The lowest BCUT2D eigenvalue weighted by atomic mass is 10.2. The number of hydrogen-bond donors (Lipinski definition) is 0. The quantitative estimate of drug-likeness (QED) is 0.353. The van der Waals surface area contributed by atoms with Crippen LogP contribution in [-0.4, -0.2) is 24.5 Å². The lowest BCUT2D eigenvalue weighted by Crippen LogP contribution is -2.23. The van der Waals surface area contributed by atoms with Crippen LogP contribution in [0, 0.1) is 0 Å². The molecule has 122 valence electrons. The van der Waals surface area contributed by atoms with Gasteiger partial charge in [-0.05, 0) is 36.8 Å². The van der Waals surface area contributed by atoms with Crippen molar-refractivity contribution in [2.24, 2.45) is 0 Å². The molecule has 0 atom stereocenters. The molecule has 5 heteroatoms. The van der Waals surface area contributed by atoms with Crippen LogP contribution in [0.25, 0.3) is 0 Å². The summed E-state index contributed by atoms with van der Waals surface area (Å²) < 4.78 is 10.4. The van der Waals surface area contributed by atoms with Crippen LogP contribution in [0.1, 0.15) is 27.6 Å². The first-order chi connectivity index (χ1) is 11.6. The fourth-order valence-corrected chi connectivity index (χ4v) is 1.84. The molecular weight excluding hydrogens is 308 g/mol. The van der Waals surface area contributed by atoms with E-state index in [9.17, 15) is 14.4 Å². The van der Waals surface area contributed by atoms with Gasteiger partial charge in [-0.3, -0.25) is 4.79 Å². The maximum atomic E-state index is 12.1. The van der Waals surface area contributed by atoms with Gasteiger partial charge in [-0.2, -0.15) is 0 Å². The molecule has 0 saturated heterocycles. The van der Waals surface area contributed by atoms with Gasteiger partial charge in [-0.15, -0.1) is 0 Å². The minimum absolute atomic E-state index is 0.279. The van der Waals surface area contributed by atoms with Gasteiger partial charge in [0.25, 0.3) is 6.29 Å². The smallest absolute Gasteiger partial charge is 0.341 e. The first-order valence-corrected chi connectivity index (χ1v) is 7.26. The molecule has 2 aromatic rings. The van der Waals surface area contributed by atoms with Gasteiger partial charge in [0.15, 0.2) is 0 Å². The van der Waals surface area contributed by atoms with E-state index in [-0.39, 0.29) is 5.57 Å². The summed E-state index contributed by atoms with van der Waals surface area (Å²) in [4.78, 5) is 35.0. The molecule has 0 bridgehead atoms. The van der Waals surface area contributed by atoms with Crippen LogP contribution in [0.15, 0.2) is 72.3 Å². The molecule has 0 radical (unpaired) electrons. The topological polar surface area (TPSA) is 69.7 Å². The minimum atomic E-state index is -1.30. The van der Waals surface area contributed by atoms with Crippen LogP contribution in [0.4, 0.5) is 0 Å². The predicted molar refractivity (Wildman–Crippen MR) is 87.3 cm³/mol. The van der Waals surface area contributed by atoms with E-state index in [1.54, 1.807) is 60.7 Å². The monoisotopic (exact) mass is 324 g/mol. The van der Waals surface area contributed by atoms with Gasteiger partial charge in [0.05, 0.1) is 11.1 Å². The molecule has 0 saturated carbocycles. The molecule has 5 nitrogen and oxygen atoms in total. The van der Waals surface area contributed by atoms with Crippen LogP contribution < -0.4 is 0 Å². The fourth-order valence-electron chi connectivity index (χ4n) is 1.84. The van der Waals surface area contributed by atoms with Crippen molar-refractivity contribution in [1.29, 1.82) is 0 Å². The number of carbonyl (C=O) groups excluding carboxylic acids is 3. The summed E-state index contributed by atoms with van der Waals surface area (Å²) in [6.07, 6.45) is 0.560. The van der Waals surface area contributed by atoms with Crippen molar-refractivity contribution in [1.82, 2.24) is 0 Å². The van der Waals surface area contributed by atoms with Crippen LogP contribution in [0.3, 0.4) is 0 Å². The van der Waals surface area contributed by atoms with E-state index in [4.69, 9.17) is 9.47 Å². The zero-order valence-corrected chi connectivity index (χ0v) is 13.0. The Bertz CT molecular complexity index is 681. The van der Waals surface area contributed by atoms with Gasteiger partial charge in [0.1, 0.15) is 6.29 Å². The van der Waals surface area contributed by atoms with Crippen molar-refractivity contribution in [3.05, 3.63) is 83.4 Å². The van der Waals surface area contributed by atoms with Gasteiger partial charge >= 0.3 is 11.9 Å². The van der Waals surface area contributed by atoms with Crippen molar-refractivity contribution < 1.29 is 23.9 Å². The van der Waals surface area contributed by atoms with E-state index in [1.165, 1.54) is 13.0 Å². The number of allylic oxidation sites excluding steroid dienone is 1. The first kappa shape index (κ1) is 17.1. The summed E-state index contributed by atoms with van der Waals surface area (Å²) in [7, 11) is 0. The zero-order chi connectivity index (χ0) is 17.4. The molecule has 0 aliphatic carbocycles. The maximum Gasteiger partial charge on any atom is 0.341 e. The number of benzene rings is 2. The summed E-state index contributed by atoms with van der Waals surface area (Å²) in [5.74, 6) is -1.31. The van der Waals surface area contributed by atoms with E-state index < -0.39 is 18.2 Å². The highest BCUT2D eigenvalue weighted by molar-refractivity contribution is 5.91. The molecule has 2 aromatic carbocycles. The van der Waals surface area contributed by atoms with E-state index in [0.29, 0.717) is 17.4 Å². The summed E-state index contributed by atoms with van der Waals surface area (Å²) in [6, 6.07) is 16.6. The fraction of sp³-hybridized carbons (Fsp3) is 0.105. The van der Waals surface area contributed by atoms with Gasteiger partial charge in [-0.25, -0.2) is 9.59 Å². The third-order valence-electron chi connectivity index (χ3n) is 3.05. The van der Waals surface area contributed by atoms with Gasteiger partial charge in [-0.1, -0.05) is 36.4 Å². The Kier molecular flexibility index (Phi) is 6.02. The molecule has 2 rings (SSSR count). The number of carbonyl (C=O) groups is 3. The number of esters is 2. The third kappa shape index (κ3) is 4.91. The Hall–Kier alpha value is -3.21. The lowest BCUT2D eigenvalue weighted by Gasteiger charge is -2.15. The Morgan fingerprint density at radius 2 is 1.25 bits per heavy atom. The minimum Gasteiger partial charge on any atom is -0.418 e. The zero-order valence-electron chi connectivity index (χ0n) is 13.0. The van der Waals surface area contributed by atoms with Gasteiger partial charge in [0, 0.05) is 6.08 Å². The molecule has 0 aromatic heterocycles. The average molecular weight is 324 g/mol. The third-order valence-corrected chi connectivity index (χ3v) is 3.05. The highest BCUT2D eigenvalue weighted by atomic mass is 16.7. The van der Waals surface area contributed by atoms with E-state index in [1.807, 2.05) is 0 Å². The predicted octanol–water partition coefficient (Wildman–Crippen LogP) is 3.17. The van der Waals surface area contributed by atoms with Gasteiger partial charge < -0.3 is 9.47 Å². The molecule has 0 fully saturated rings. The van der Waals surface area contributed by atoms with Crippen LogP contribution in [-0.2, 0) is 14.3 Å². The lowest BCUT2D eigenvalue weighted by molar-refractivity contribution is -0.105. The van der Waals surface area contributed by atoms with Crippen molar-refractivity contribution in [3.63, 3.8) is 0 Å². The highest BCUT2D eigenvalue weighted by Gasteiger charge is 2.19. The first-order valence-electron chi connectivity index (χ1n) is 7.26. The largest absolute Gasteiger partial charge is 0.418 e. The Morgan fingerprint density at radius 1 is 0.833 bits per heavy atom. The van der Waals surface area contributed by atoms with Gasteiger partial charge in [0.2, 0.25) is 0 Å². The number of rotatable bonds is 6. The molecule has 0 spiro atoms. The molecule has 0 unspecified atom stereocenters. The molecule has 0 heterocycles. The second-order valence-corrected chi connectivity index (χ2v) is 4.94. The standard InChI is InChI=1S/C19H16O5/c1-14(13-20)12-17(23-18(21)15-8-4-2-5-9-15)24-19(22)16-10-6-3-7-11-16/h2-13,17H,1H3. The highest BCUT2D eigenvalue weighted by Crippen LogP contribution is 2.11. The molecule has 0 aliphatic rings. The van der Waals surface area contributed by atoms with Crippen molar-refractivity contribution in [2.75, 3.05) is 0 Å². The van der Waals surface area contributed by atoms with Crippen LogP contribution in [0.2, 0.25) is 0 Å². The van der Waals surface area contributed by atoms with Crippen molar-refractivity contribution >= 4 is 18.2 Å². The SMILES string of the molecule is CC(C=O)=CC(OC(=O)c1ccccc1)OC(=O)c1ccccc1. The van der Waals surface area contributed by atoms with E-state index >= 15 is 0 Å². The maximum absolute atomic E-state index is 12.1.